The molecule has 26 heavy (non-hydrogen) atoms. The number of hydrogen-bond donors (Lipinski definition) is 1. The molecule has 0 bridgehead atoms. The van der Waals surface area contributed by atoms with E-state index in [4.69, 9.17) is 0 Å². The molecule has 6 unspecified atom stereocenters. The van der Waals surface area contributed by atoms with Crippen LogP contribution in [0.1, 0.15) is 59.3 Å². The van der Waals surface area contributed by atoms with Crippen LogP contribution in [0.25, 0.3) is 0 Å². The molecule has 0 saturated heterocycles. The Morgan fingerprint density at radius 1 is 1.15 bits per heavy atom. The average molecular weight is 351 g/mol. The van der Waals surface area contributed by atoms with Crippen LogP contribution in [-0.4, -0.2) is 16.5 Å². The minimum Gasteiger partial charge on any atom is -0.377 e. The predicted molar refractivity (Wildman–Crippen MR) is 99.8 cm³/mol. The first-order valence-electron chi connectivity index (χ1n) is 10.8. The second kappa shape index (κ2) is 4.49. The number of ketones is 1. The Bertz CT molecular complexity index is 814. The lowest BCUT2D eigenvalue weighted by Crippen LogP contribution is -2.57. The highest BCUT2D eigenvalue weighted by Crippen LogP contribution is 2.80. The summed E-state index contributed by atoms with van der Waals surface area (Å²) >= 11 is 0. The van der Waals surface area contributed by atoms with Crippen LogP contribution in [0.3, 0.4) is 0 Å². The van der Waals surface area contributed by atoms with Gasteiger partial charge in [0.05, 0.1) is 0 Å². The molecule has 0 heterocycles. The molecule has 6 aliphatic carbocycles. The van der Waals surface area contributed by atoms with Crippen LogP contribution in [0.5, 0.6) is 0 Å². The third-order valence-electron chi connectivity index (χ3n) is 10.0. The summed E-state index contributed by atoms with van der Waals surface area (Å²) in [5.74, 6) is 11.4. The maximum absolute atomic E-state index is 12.1. The summed E-state index contributed by atoms with van der Waals surface area (Å²) in [5, 5.41) is 11.6. The number of rotatable bonds is 0. The summed E-state index contributed by atoms with van der Waals surface area (Å²) < 4.78 is 0. The highest BCUT2D eigenvalue weighted by atomic mass is 16.3. The topological polar surface area (TPSA) is 37.3 Å². The van der Waals surface area contributed by atoms with Gasteiger partial charge in [0.1, 0.15) is 5.60 Å². The van der Waals surface area contributed by atoms with Gasteiger partial charge >= 0.3 is 0 Å². The van der Waals surface area contributed by atoms with E-state index in [1.807, 2.05) is 13.0 Å². The highest BCUT2D eigenvalue weighted by Gasteiger charge is 2.78. The SMILES string of the molecule is CC#C[C@]1(O)C2CC2C2C3C4C[C@H]4C4=CC(=O)CC[C@]4(C)C3CC[C@@]21C. The van der Waals surface area contributed by atoms with Crippen molar-refractivity contribution >= 4 is 5.78 Å². The number of carbonyl (C=O) groups excluding carboxylic acids is 1. The molecule has 6 aliphatic rings. The second-order valence-corrected chi connectivity index (χ2v) is 10.8. The van der Waals surface area contributed by atoms with Crippen LogP contribution in [0, 0.1) is 64.1 Å². The van der Waals surface area contributed by atoms with Gasteiger partial charge in [0.2, 0.25) is 0 Å². The zero-order valence-corrected chi connectivity index (χ0v) is 16.2. The zero-order valence-electron chi connectivity index (χ0n) is 16.2. The van der Waals surface area contributed by atoms with Crippen LogP contribution in [0.15, 0.2) is 11.6 Å². The molecule has 5 fully saturated rings. The number of hydrogen-bond acceptors (Lipinski definition) is 2. The smallest absolute Gasteiger partial charge is 0.155 e. The van der Waals surface area contributed by atoms with Gasteiger partial charge in [-0.2, -0.15) is 0 Å². The van der Waals surface area contributed by atoms with E-state index in [1.54, 1.807) is 0 Å². The van der Waals surface area contributed by atoms with Crippen molar-refractivity contribution in [3.63, 3.8) is 0 Å². The normalized spacial score (nSPS) is 61.0. The molecule has 0 aliphatic heterocycles. The summed E-state index contributed by atoms with van der Waals surface area (Å²) in [5.41, 5.74) is 0.961. The number of aliphatic hydroxyl groups is 1. The van der Waals surface area contributed by atoms with E-state index < -0.39 is 5.60 Å². The van der Waals surface area contributed by atoms with E-state index in [9.17, 15) is 9.90 Å². The molecule has 5 saturated carbocycles. The lowest BCUT2D eigenvalue weighted by atomic mass is 9.45. The van der Waals surface area contributed by atoms with Crippen molar-refractivity contribution in [3.05, 3.63) is 11.6 Å². The van der Waals surface area contributed by atoms with E-state index in [1.165, 1.54) is 24.8 Å². The fourth-order valence-corrected chi connectivity index (χ4v) is 8.81. The Morgan fingerprint density at radius 2 is 1.96 bits per heavy atom. The maximum Gasteiger partial charge on any atom is 0.155 e. The summed E-state index contributed by atoms with van der Waals surface area (Å²) in [4.78, 5) is 12.1. The number of allylic oxidation sites excluding steroid dienone is 1. The van der Waals surface area contributed by atoms with Crippen LogP contribution in [0.2, 0.25) is 0 Å². The van der Waals surface area contributed by atoms with Crippen molar-refractivity contribution in [2.75, 3.05) is 0 Å². The fourth-order valence-electron chi connectivity index (χ4n) is 8.81. The first-order chi connectivity index (χ1) is 12.3. The van der Waals surface area contributed by atoms with Gasteiger partial charge in [0.15, 0.2) is 5.78 Å². The van der Waals surface area contributed by atoms with Gasteiger partial charge < -0.3 is 5.11 Å². The molecule has 138 valence electrons. The lowest BCUT2D eigenvalue weighted by molar-refractivity contribution is -0.127. The van der Waals surface area contributed by atoms with E-state index in [0.29, 0.717) is 35.4 Å². The monoisotopic (exact) mass is 350 g/mol. The standard InChI is InChI=1S/C24H30O2/c1-4-7-24(26)19-12-16(19)21-20-15-11-14(15)18-10-13(25)5-8-22(18,2)17(20)6-9-23(21,24)3/h10,14-17,19-21,26H,5-6,8-9,11-12H2,1-3H3/t14-,15?,16?,17?,19?,20?,21?,22-,23+,24+/m1/s1. The van der Waals surface area contributed by atoms with Crippen LogP contribution in [0.4, 0.5) is 0 Å². The quantitative estimate of drug-likeness (QED) is 0.671. The van der Waals surface area contributed by atoms with Crippen molar-refractivity contribution in [2.45, 2.75) is 64.9 Å². The molecule has 0 radical (unpaired) electrons. The largest absolute Gasteiger partial charge is 0.377 e. The lowest BCUT2D eigenvalue weighted by Gasteiger charge is -2.59. The van der Waals surface area contributed by atoms with Crippen molar-refractivity contribution in [3.8, 4) is 11.8 Å². The summed E-state index contributed by atoms with van der Waals surface area (Å²) in [7, 11) is 0. The van der Waals surface area contributed by atoms with Gasteiger partial charge in [-0.15, -0.1) is 5.92 Å². The molecule has 10 atom stereocenters. The van der Waals surface area contributed by atoms with E-state index in [2.05, 4.69) is 25.7 Å². The van der Waals surface area contributed by atoms with Gasteiger partial charge in [0, 0.05) is 17.8 Å². The van der Waals surface area contributed by atoms with Crippen LogP contribution < -0.4 is 0 Å². The molecule has 0 amide bonds. The molecule has 6 rings (SSSR count). The van der Waals surface area contributed by atoms with Crippen LogP contribution >= 0.6 is 0 Å². The Labute approximate surface area is 156 Å². The summed E-state index contributed by atoms with van der Waals surface area (Å²) in [6, 6.07) is 0. The Balaban J connectivity index is 1.46. The minimum atomic E-state index is -0.758. The van der Waals surface area contributed by atoms with Gasteiger partial charge in [-0.25, -0.2) is 0 Å². The summed E-state index contributed by atoms with van der Waals surface area (Å²) in [6.45, 7) is 6.71. The fraction of sp³-hybridized carbons (Fsp3) is 0.792. The molecule has 0 aromatic carbocycles. The van der Waals surface area contributed by atoms with Crippen molar-refractivity contribution < 1.29 is 9.90 Å². The Kier molecular flexibility index (Phi) is 2.75. The van der Waals surface area contributed by atoms with Gasteiger partial charge in [-0.3, -0.25) is 4.79 Å². The molecule has 1 N–H and O–H groups in total. The predicted octanol–water partition coefficient (Wildman–Crippen LogP) is 3.98. The molecule has 2 nitrogen and oxygen atoms in total. The van der Waals surface area contributed by atoms with Gasteiger partial charge in [-0.1, -0.05) is 25.3 Å². The van der Waals surface area contributed by atoms with E-state index >= 15 is 0 Å². The molecule has 0 aromatic rings. The third kappa shape index (κ3) is 1.57. The van der Waals surface area contributed by atoms with Crippen molar-refractivity contribution in [2.24, 2.45) is 52.3 Å². The Morgan fingerprint density at radius 3 is 2.73 bits per heavy atom. The average Bonchev–Trinajstić information content (AvgIpc) is 3.49. The molecule has 0 spiro atoms. The molecular formula is C24H30O2. The second-order valence-electron chi connectivity index (χ2n) is 10.8. The number of fused-ring (bicyclic) bond motifs is 10. The van der Waals surface area contributed by atoms with E-state index in [-0.39, 0.29) is 10.8 Å². The number of carbonyl (C=O) groups is 1. The third-order valence-corrected chi connectivity index (χ3v) is 10.0. The van der Waals surface area contributed by atoms with Gasteiger partial charge in [0.25, 0.3) is 0 Å². The maximum atomic E-state index is 12.1. The first-order valence-corrected chi connectivity index (χ1v) is 10.8. The minimum absolute atomic E-state index is 0.0278. The Hall–Kier alpha value is -1.07. The van der Waals surface area contributed by atoms with Crippen molar-refractivity contribution in [1.82, 2.24) is 0 Å². The summed E-state index contributed by atoms with van der Waals surface area (Å²) in [6.07, 6.45) is 8.62. The van der Waals surface area contributed by atoms with E-state index in [0.717, 1.165) is 31.1 Å². The van der Waals surface area contributed by atoms with Crippen LogP contribution in [-0.2, 0) is 4.79 Å². The van der Waals surface area contributed by atoms with Gasteiger partial charge in [-0.05, 0) is 86.0 Å². The first kappa shape index (κ1) is 15.9. The molecule has 2 heteroatoms. The zero-order chi connectivity index (χ0) is 18.1. The van der Waals surface area contributed by atoms with Crippen molar-refractivity contribution in [1.29, 1.82) is 0 Å². The molecular weight excluding hydrogens is 320 g/mol. The highest BCUT2D eigenvalue weighted by molar-refractivity contribution is 5.92. The molecule has 0 aromatic heterocycles.